The van der Waals surface area contributed by atoms with Crippen molar-refractivity contribution in [3.63, 3.8) is 0 Å². The predicted octanol–water partition coefficient (Wildman–Crippen LogP) is 1.13. The van der Waals surface area contributed by atoms with E-state index >= 15 is 0 Å². The molecule has 0 aliphatic carbocycles. The summed E-state index contributed by atoms with van der Waals surface area (Å²) in [4.78, 5) is 28.4. The lowest BCUT2D eigenvalue weighted by atomic mass is 9.89. The number of pyridine rings is 1. The minimum atomic E-state index is -1.08. The van der Waals surface area contributed by atoms with Gasteiger partial charge in [0.05, 0.1) is 5.41 Å². The van der Waals surface area contributed by atoms with Gasteiger partial charge in [-0.15, -0.1) is 0 Å². The SMILES string of the molecule is CC1(C(N)=O)CCN(c2nc(Cl)ccc2C(=O)O)C1. The predicted molar refractivity (Wildman–Crippen MR) is 70.3 cm³/mol. The van der Waals surface area contributed by atoms with Crippen LogP contribution in [0.3, 0.4) is 0 Å². The molecule has 6 nitrogen and oxygen atoms in total. The van der Waals surface area contributed by atoms with Crippen LogP contribution in [0.1, 0.15) is 23.7 Å². The standard InChI is InChI=1S/C12H14ClN3O3/c1-12(11(14)19)4-5-16(6-12)9-7(10(17)18)2-3-8(13)15-9/h2-3H,4-6H2,1H3,(H2,14,19)(H,17,18). The van der Waals surface area contributed by atoms with Crippen molar-refractivity contribution < 1.29 is 14.7 Å². The molecule has 1 amide bonds. The molecule has 1 fully saturated rings. The monoisotopic (exact) mass is 283 g/mol. The Balaban J connectivity index is 2.36. The molecule has 7 heteroatoms. The van der Waals surface area contributed by atoms with E-state index in [0.29, 0.717) is 19.5 Å². The molecule has 1 aliphatic heterocycles. The molecule has 1 saturated heterocycles. The fraction of sp³-hybridized carbons (Fsp3) is 0.417. The molecule has 1 aliphatic rings. The molecule has 1 atom stereocenters. The number of rotatable bonds is 3. The van der Waals surface area contributed by atoms with Crippen molar-refractivity contribution in [2.45, 2.75) is 13.3 Å². The van der Waals surface area contributed by atoms with Crippen LogP contribution >= 0.6 is 11.6 Å². The van der Waals surface area contributed by atoms with E-state index < -0.39 is 17.3 Å². The van der Waals surface area contributed by atoms with Gasteiger partial charge in [0.25, 0.3) is 0 Å². The summed E-state index contributed by atoms with van der Waals surface area (Å²) >= 11 is 5.81. The molecule has 19 heavy (non-hydrogen) atoms. The van der Waals surface area contributed by atoms with Gasteiger partial charge >= 0.3 is 5.97 Å². The second-order valence-corrected chi connectivity index (χ2v) is 5.29. The van der Waals surface area contributed by atoms with Crippen LogP contribution in [0.15, 0.2) is 12.1 Å². The van der Waals surface area contributed by atoms with Crippen molar-refractivity contribution in [1.29, 1.82) is 0 Å². The smallest absolute Gasteiger partial charge is 0.339 e. The zero-order valence-electron chi connectivity index (χ0n) is 10.4. The Kier molecular flexibility index (Phi) is 3.36. The van der Waals surface area contributed by atoms with Crippen LogP contribution in [-0.2, 0) is 4.79 Å². The van der Waals surface area contributed by atoms with Gasteiger partial charge in [0.1, 0.15) is 16.5 Å². The number of primary amides is 1. The first-order valence-corrected chi connectivity index (χ1v) is 6.16. The first-order chi connectivity index (χ1) is 8.83. The van der Waals surface area contributed by atoms with Gasteiger partial charge in [-0.1, -0.05) is 11.6 Å². The number of carboxylic acid groups (broad SMARTS) is 1. The van der Waals surface area contributed by atoms with Crippen molar-refractivity contribution in [2.24, 2.45) is 11.1 Å². The molecule has 2 rings (SSSR count). The Hall–Kier alpha value is -1.82. The summed E-state index contributed by atoms with van der Waals surface area (Å²) in [5.74, 6) is -1.19. The highest BCUT2D eigenvalue weighted by Crippen LogP contribution is 2.34. The Bertz CT molecular complexity index is 549. The molecule has 0 aromatic carbocycles. The Labute approximate surface area is 115 Å². The van der Waals surface area contributed by atoms with E-state index in [1.165, 1.54) is 12.1 Å². The second-order valence-electron chi connectivity index (χ2n) is 4.91. The van der Waals surface area contributed by atoms with Crippen molar-refractivity contribution in [3.8, 4) is 0 Å². The van der Waals surface area contributed by atoms with Crippen LogP contribution in [0.2, 0.25) is 5.15 Å². The number of nitrogens with two attached hydrogens (primary N) is 1. The molecule has 3 N–H and O–H groups in total. The third kappa shape index (κ3) is 2.49. The second kappa shape index (κ2) is 4.70. The largest absolute Gasteiger partial charge is 0.478 e. The van der Waals surface area contributed by atoms with Gasteiger partial charge in [-0.3, -0.25) is 4.79 Å². The number of hydrogen-bond acceptors (Lipinski definition) is 4. The van der Waals surface area contributed by atoms with Gasteiger partial charge in [-0.05, 0) is 25.5 Å². The Morgan fingerprint density at radius 3 is 2.74 bits per heavy atom. The van der Waals surface area contributed by atoms with Gasteiger partial charge in [0.2, 0.25) is 5.91 Å². The lowest BCUT2D eigenvalue weighted by Gasteiger charge is -2.22. The number of amides is 1. The molecule has 2 heterocycles. The molecule has 0 saturated carbocycles. The van der Waals surface area contributed by atoms with Crippen LogP contribution in [0.25, 0.3) is 0 Å². The first-order valence-electron chi connectivity index (χ1n) is 5.78. The highest BCUT2D eigenvalue weighted by atomic mass is 35.5. The topological polar surface area (TPSA) is 96.5 Å². The van der Waals surface area contributed by atoms with E-state index in [4.69, 9.17) is 22.4 Å². The summed E-state index contributed by atoms with van der Waals surface area (Å²) in [5.41, 5.74) is 4.77. The fourth-order valence-electron chi connectivity index (χ4n) is 2.18. The summed E-state index contributed by atoms with van der Waals surface area (Å²) in [6.07, 6.45) is 0.565. The van der Waals surface area contributed by atoms with E-state index in [1.54, 1.807) is 11.8 Å². The van der Waals surface area contributed by atoms with E-state index in [-0.39, 0.29) is 16.5 Å². The third-order valence-electron chi connectivity index (χ3n) is 3.44. The first kappa shape index (κ1) is 13.6. The van der Waals surface area contributed by atoms with Crippen LogP contribution < -0.4 is 10.6 Å². The summed E-state index contributed by atoms with van der Waals surface area (Å²) in [5, 5.41) is 9.37. The quantitative estimate of drug-likeness (QED) is 0.811. The van der Waals surface area contributed by atoms with Gasteiger partial charge in [-0.2, -0.15) is 0 Å². The van der Waals surface area contributed by atoms with Gasteiger partial charge in [0.15, 0.2) is 0 Å². The number of carbonyl (C=O) groups is 2. The number of anilines is 1. The van der Waals surface area contributed by atoms with Gasteiger partial charge in [-0.25, -0.2) is 9.78 Å². The van der Waals surface area contributed by atoms with Crippen molar-refractivity contribution in [3.05, 3.63) is 22.8 Å². The van der Waals surface area contributed by atoms with Crippen molar-refractivity contribution >= 4 is 29.3 Å². The minimum absolute atomic E-state index is 0.0677. The molecule has 102 valence electrons. The molecule has 1 aromatic rings. The maximum Gasteiger partial charge on any atom is 0.339 e. The molecule has 1 unspecified atom stereocenters. The average molecular weight is 284 g/mol. The summed E-state index contributed by atoms with van der Waals surface area (Å²) in [6.45, 7) is 2.63. The number of carboxylic acids is 1. The third-order valence-corrected chi connectivity index (χ3v) is 3.65. The summed E-state index contributed by atoms with van der Waals surface area (Å²) in [6, 6.07) is 2.84. The fourth-order valence-corrected chi connectivity index (χ4v) is 2.32. The minimum Gasteiger partial charge on any atom is -0.478 e. The highest BCUT2D eigenvalue weighted by Gasteiger charge is 2.40. The number of halogens is 1. The lowest BCUT2D eigenvalue weighted by molar-refractivity contribution is -0.125. The van der Waals surface area contributed by atoms with E-state index in [1.807, 2.05) is 0 Å². The number of carbonyl (C=O) groups excluding carboxylic acids is 1. The number of aromatic nitrogens is 1. The maximum absolute atomic E-state index is 11.4. The van der Waals surface area contributed by atoms with E-state index in [0.717, 1.165) is 0 Å². The Morgan fingerprint density at radius 2 is 2.21 bits per heavy atom. The summed E-state index contributed by atoms with van der Waals surface area (Å²) < 4.78 is 0. The highest BCUT2D eigenvalue weighted by molar-refractivity contribution is 6.29. The normalized spacial score (nSPS) is 22.5. The van der Waals surface area contributed by atoms with Crippen molar-refractivity contribution in [1.82, 2.24) is 4.98 Å². The maximum atomic E-state index is 11.4. The molecule has 0 radical (unpaired) electrons. The molecule has 1 aromatic heterocycles. The lowest BCUT2D eigenvalue weighted by Crippen LogP contribution is -2.37. The average Bonchev–Trinajstić information content (AvgIpc) is 2.73. The number of aromatic carboxylic acids is 1. The Morgan fingerprint density at radius 1 is 1.53 bits per heavy atom. The van der Waals surface area contributed by atoms with Crippen molar-refractivity contribution in [2.75, 3.05) is 18.0 Å². The number of hydrogen-bond donors (Lipinski definition) is 2. The zero-order valence-corrected chi connectivity index (χ0v) is 11.1. The van der Waals surface area contributed by atoms with Crippen LogP contribution in [0.5, 0.6) is 0 Å². The van der Waals surface area contributed by atoms with E-state index in [9.17, 15) is 9.59 Å². The van der Waals surface area contributed by atoms with Gasteiger partial charge < -0.3 is 15.7 Å². The van der Waals surface area contributed by atoms with Crippen LogP contribution in [0, 0.1) is 5.41 Å². The number of nitrogens with zero attached hydrogens (tertiary/aromatic N) is 2. The van der Waals surface area contributed by atoms with Crippen LogP contribution in [0.4, 0.5) is 5.82 Å². The molecular formula is C12H14ClN3O3. The van der Waals surface area contributed by atoms with Gasteiger partial charge in [0, 0.05) is 13.1 Å². The molecule has 0 spiro atoms. The van der Waals surface area contributed by atoms with E-state index in [2.05, 4.69) is 4.98 Å². The molecule has 0 bridgehead atoms. The zero-order chi connectivity index (χ0) is 14.2. The molecular weight excluding hydrogens is 270 g/mol. The summed E-state index contributed by atoms with van der Waals surface area (Å²) in [7, 11) is 0. The van der Waals surface area contributed by atoms with Crippen LogP contribution in [-0.4, -0.2) is 35.1 Å².